The Hall–Kier alpha value is -3.12. The average Bonchev–Trinajstić information content (AvgIpc) is 2.97. The zero-order chi connectivity index (χ0) is 17.2. The Morgan fingerprint density at radius 2 is 1.88 bits per heavy atom. The molecular weight excluding hydrogens is 338 g/mol. The molecule has 3 N–H and O–H groups in total. The van der Waals surface area contributed by atoms with Gasteiger partial charge in [0.15, 0.2) is 0 Å². The van der Waals surface area contributed by atoms with Crippen molar-refractivity contribution < 1.29 is 0 Å². The van der Waals surface area contributed by atoms with Gasteiger partial charge in [-0.25, -0.2) is 14.8 Å². The van der Waals surface area contributed by atoms with E-state index in [4.69, 9.17) is 11.6 Å². The smallest absolute Gasteiger partial charge is 0.323 e. The van der Waals surface area contributed by atoms with Gasteiger partial charge in [0.1, 0.15) is 0 Å². The number of benzene rings is 2. The fraction of sp³-hybridized carbons (Fsp3) is 0.0556. The maximum atomic E-state index is 11.3. The standard InChI is InChI=1S/C18H14ClN5O/c19-14-4-2-1-3-11(14)9-13-7-8-20-17(22-13)21-12-5-6-15-16(10-12)24-18(25)23-15/h1-8,10H,9H2,(H,20,21,22)(H2,23,24,25). The average molecular weight is 352 g/mol. The maximum Gasteiger partial charge on any atom is 0.323 e. The van der Waals surface area contributed by atoms with Crippen LogP contribution in [0.1, 0.15) is 11.3 Å². The SMILES string of the molecule is O=c1[nH]c2ccc(Nc3nccc(Cc4ccccc4Cl)n3)cc2[nH]1. The van der Waals surface area contributed by atoms with E-state index in [2.05, 4.69) is 25.3 Å². The lowest BCUT2D eigenvalue weighted by molar-refractivity contribution is 1.03. The fourth-order valence-corrected chi connectivity index (χ4v) is 2.83. The van der Waals surface area contributed by atoms with Crippen LogP contribution in [0, 0.1) is 0 Å². The van der Waals surface area contributed by atoms with Crippen LogP contribution in [0.25, 0.3) is 11.0 Å². The summed E-state index contributed by atoms with van der Waals surface area (Å²) >= 11 is 6.21. The van der Waals surface area contributed by atoms with Gasteiger partial charge in [0.25, 0.3) is 0 Å². The Kier molecular flexibility index (Phi) is 3.95. The van der Waals surface area contributed by atoms with Crippen LogP contribution < -0.4 is 11.0 Å². The van der Waals surface area contributed by atoms with Crippen molar-refractivity contribution in [2.75, 3.05) is 5.32 Å². The molecule has 2 aromatic carbocycles. The number of imidazole rings is 1. The van der Waals surface area contributed by atoms with Gasteiger partial charge >= 0.3 is 5.69 Å². The first-order valence-corrected chi connectivity index (χ1v) is 8.09. The molecule has 124 valence electrons. The maximum absolute atomic E-state index is 11.3. The third-order valence-corrected chi connectivity index (χ3v) is 4.18. The molecule has 0 unspecified atom stereocenters. The van der Waals surface area contributed by atoms with Gasteiger partial charge in [-0.1, -0.05) is 29.8 Å². The summed E-state index contributed by atoms with van der Waals surface area (Å²) in [7, 11) is 0. The molecule has 25 heavy (non-hydrogen) atoms. The molecule has 0 spiro atoms. The van der Waals surface area contributed by atoms with Crippen molar-refractivity contribution in [3.8, 4) is 0 Å². The van der Waals surface area contributed by atoms with Crippen molar-refractivity contribution in [1.29, 1.82) is 0 Å². The van der Waals surface area contributed by atoms with Gasteiger partial charge in [-0.3, -0.25) is 0 Å². The van der Waals surface area contributed by atoms with E-state index in [1.54, 1.807) is 6.20 Å². The minimum atomic E-state index is -0.231. The van der Waals surface area contributed by atoms with Crippen molar-refractivity contribution in [1.82, 2.24) is 19.9 Å². The summed E-state index contributed by atoms with van der Waals surface area (Å²) in [4.78, 5) is 25.6. The number of H-pyrrole nitrogens is 2. The highest BCUT2D eigenvalue weighted by Gasteiger charge is 2.05. The highest BCUT2D eigenvalue weighted by Crippen LogP contribution is 2.20. The van der Waals surface area contributed by atoms with Gasteiger partial charge < -0.3 is 15.3 Å². The predicted octanol–water partition coefficient (Wildman–Crippen LogP) is 3.63. The van der Waals surface area contributed by atoms with Gasteiger partial charge in [0.05, 0.1) is 16.7 Å². The zero-order valence-corrected chi connectivity index (χ0v) is 13.8. The topological polar surface area (TPSA) is 86.5 Å². The van der Waals surface area contributed by atoms with Crippen LogP contribution in [0.15, 0.2) is 59.5 Å². The van der Waals surface area contributed by atoms with E-state index in [-0.39, 0.29) is 5.69 Å². The van der Waals surface area contributed by atoms with E-state index < -0.39 is 0 Å². The molecule has 0 aliphatic heterocycles. The van der Waals surface area contributed by atoms with E-state index in [9.17, 15) is 4.79 Å². The molecule has 7 heteroatoms. The van der Waals surface area contributed by atoms with Crippen LogP contribution in [0.5, 0.6) is 0 Å². The lowest BCUT2D eigenvalue weighted by Gasteiger charge is -2.07. The summed E-state index contributed by atoms with van der Waals surface area (Å²) in [5, 5.41) is 3.87. The fourth-order valence-electron chi connectivity index (χ4n) is 2.63. The first kappa shape index (κ1) is 15.4. The number of hydrogen-bond acceptors (Lipinski definition) is 4. The van der Waals surface area contributed by atoms with E-state index in [1.807, 2.05) is 48.5 Å². The van der Waals surface area contributed by atoms with Crippen LogP contribution in [-0.2, 0) is 6.42 Å². The van der Waals surface area contributed by atoms with E-state index in [0.29, 0.717) is 12.4 Å². The summed E-state index contributed by atoms with van der Waals surface area (Å²) in [5.74, 6) is 0.488. The van der Waals surface area contributed by atoms with E-state index in [1.165, 1.54) is 0 Å². The molecule has 0 saturated carbocycles. The number of nitrogens with one attached hydrogen (secondary N) is 3. The summed E-state index contributed by atoms with van der Waals surface area (Å²) in [6, 6.07) is 15.1. The Labute approximate surface area is 147 Å². The third-order valence-electron chi connectivity index (χ3n) is 3.81. The molecule has 0 fully saturated rings. The van der Waals surface area contributed by atoms with Crippen LogP contribution in [-0.4, -0.2) is 19.9 Å². The number of anilines is 2. The molecule has 0 atom stereocenters. The number of hydrogen-bond donors (Lipinski definition) is 3. The van der Waals surface area contributed by atoms with Gasteiger partial charge in [0, 0.05) is 23.3 Å². The lowest BCUT2D eigenvalue weighted by atomic mass is 10.1. The highest BCUT2D eigenvalue weighted by atomic mass is 35.5. The predicted molar refractivity (Wildman–Crippen MR) is 98.5 cm³/mol. The second kappa shape index (κ2) is 6.41. The summed E-state index contributed by atoms with van der Waals surface area (Å²) in [6.07, 6.45) is 2.33. The number of aromatic amines is 2. The molecule has 0 bridgehead atoms. The Morgan fingerprint density at radius 1 is 1.04 bits per heavy atom. The number of rotatable bonds is 4. The monoisotopic (exact) mass is 351 g/mol. The Morgan fingerprint density at radius 3 is 2.76 bits per heavy atom. The van der Waals surface area contributed by atoms with Crippen molar-refractivity contribution >= 4 is 34.3 Å². The second-order valence-corrected chi connectivity index (χ2v) is 6.01. The minimum absolute atomic E-state index is 0.231. The number of nitrogens with zero attached hydrogens (tertiary/aromatic N) is 2. The first-order valence-electron chi connectivity index (χ1n) is 7.72. The van der Waals surface area contributed by atoms with Crippen LogP contribution >= 0.6 is 11.6 Å². The lowest BCUT2D eigenvalue weighted by Crippen LogP contribution is -2.01. The van der Waals surface area contributed by atoms with E-state index >= 15 is 0 Å². The molecular formula is C18H14ClN5O. The van der Waals surface area contributed by atoms with Crippen molar-refractivity contribution in [3.05, 3.63) is 81.5 Å². The molecule has 0 radical (unpaired) electrons. The van der Waals surface area contributed by atoms with E-state index in [0.717, 1.165) is 33.0 Å². The molecule has 0 amide bonds. The van der Waals surface area contributed by atoms with Crippen molar-refractivity contribution in [3.63, 3.8) is 0 Å². The zero-order valence-electron chi connectivity index (χ0n) is 13.1. The summed E-state index contributed by atoms with van der Waals surface area (Å²) in [6.45, 7) is 0. The van der Waals surface area contributed by atoms with Crippen LogP contribution in [0.2, 0.25) is 5.02 Å². The van der Waals surface area contributed by atoms with Crippen molar-refractivity contribution in [2.24, 2.45) is 0 Å². The normalized spacial score (nSPS) is 10.9. The van der Waals surface area contributed by atoms with Crippen LogP contribution in [0.4, 0.5) is 11.6 Å². The molecule has 4 rings (SSSR count). The van der Waals surface area contributed by atoms with Crippen molar-refractivity contribution in [2.45, 2.75) is 6.42 Å². The Bertz CT molecular complexity index is 1100. The summed E-state index contributed by atoms with van der Waals surface area (Å²) in [5.41, 5.74) is 3.91. The Balaban J connectivity index is 1.58. The van der Waals surface area contributed by atoms with Gasteiger partial charge in [-0.2, -0.15) is 0 Å². The van der Waals surface area contributed by atoms with Gasteiger partial charge in [-0.05, 0) is 35.9 Å². The molecule has 2 heterocycles. The number of fused-ring (bicyclic) bond motifs is 1. The summed E-state index contributed by atoms with van der Waals surface area (Å²) < 4.78 is 0. The van der Waals surface area contributed by atoms with Gasteiger partial charge in [0.2, 0.25) is 5.95 Å². The molecule has 6 nitrogen and oxygen atoms in total. The number of halogens is 1. The largest absolute Gasteiger partial charge is 0.324 e. The molecule has 0 aliphatic carbocycles. The molecule has 4 aromatic rings. The highest BCUT2D eigenvalue weighted by molar-refractivity contribution is 6.31. The van der Waals surface area contributed by atoms with Crippen LogP contribution in [0.3, 0.4) is 0 Å². The quantitative estimate of drug-likeness (QED) is 0.524. The second-order valence-electron chi connectivity index (χ2n) is 5.60. The minimum Gasteiger partial charge on any atom is -0.324 e. The van der Waals surface area contributed by atoms with Gasteiger partial charge in [-0.15, -0.1) is 0 Å². The first-order chi connectivity index (χ1) is 12.2. The number of aromatic nitrogens is 4. The molecule has 0 saturated heterocycles. The molecule has 0 aliphatic rings. The third kappa shape index (κ3) is 3.39. The molecule has 2 aromatic heterocycles.